The van der Waals surface area contributed by atoms with E-state index in [4.69, 9.17) is 0 Å². The molecule has 0 aliphatic heterocycles. The van der Waals surface area contributed by atoms with E-state index in [0.29, 0.717) is 0 Å². The molecule has 0 spiro atoms. The highest BCUT2D eigenvalue weighted by molar-refractivity contribution is 5.79. The highest BCUT2D eigenvalue weighted by Gasteiger charge is 2.48. The van der Waals surface area contributed by atoms with Crippen LogP contribution in [0, 0.1) is 16.7 Å². The van der Waals surface area contributed by atoms with Crippen LogP contribution in [-0.4, -0.2) is 36.3 Å². The second kappa shape index (κ2) is 8.90. The van der Waals surface area contributed by atoms with Crippen molar-refractivity contribution in [2.75, 3.05) is 0 Å². The van der Waals surface area contributed by atoms with E-state index in [1.165, 1.54) is 48.5 Å². The van der Waals surface area contributed by atoms with Gasteiger partial charge in [0.25, 0.3) is 0 Å². The Kier molecular flexibility index (Phi) is 8.43. The monoisotopic (exact) mass is 420 g/mol. The molecule has 10 heteroatoms. The molecule has 0 fully saturated rings. The molecular formula is C18H30F6N2O2. The molecule has 28 heavy (non-hydrogen) atoms. The Balaban J connectivity index is 4.90. The predicted molar refractivity (Wildman–Crippen MR) is 93.3 cm³/mol. The normalized spacial score (nSPS) is 16.9. The first kappa shape index (κ1) is 26.5. The maximum Gasteiger partial charge on any atom is 0.409 e. The Morgan fingerprint density at radius 2 is 0.929 bits per heavy atom. The number of amides is 2. The minimum atomic E-state index is -4.65. The molecule has 0 saturated heterocycles. The van der Waals surface area contributed by atoms with E-state index in [-0.39, 0.29) is 0 Å². The van der Waals surface area contributed by atoms with Crippen LogP contribution in [0.3, 0.4) is 0 Å². The fourth-order valence-corrected chi connectivity index (χ4v) is 2.72. The molecule has 0 aromatic rings. The van der Waals surface area contributed by atoms with Crippen molar-refractivity contribution in [2.24, 2.45) is 16.7 Å². The van der Waals surface area contributed by atoms with Gasteiger partial charge in [0, 0.05) is 12.8 Å². The summed E-state index contributed by atoms with van der Waals surface area (Å²) >= 11 is 0. The van der Waals surface area contributed by atoms with E-state index in [0.717, 1.165) is 0 Å². The van der Waals surface area contributed by atoms with Gasteiger partial charge in [-0.15, -0.1) is 0 Å². The fourth-order valence-electron chi connectivity index (χ4n) is 2.72. The molecule has 2 N–H and O–H groups in total. The van der Waals surface area contributed by atoms with E-state index in [1.54, 1.807) is 0 Å². The van der Waals surface area contributed by atoms with E-state index >= 15 is 0 Å². The van der Waals surface area contributed by atoms with Crippen molar-refractivity contribution in [1.29, 1.82) is 0 Å². The minimum Gasteiger partial charge on any atom is -0.344 e. The molecule has 166 valence electrons. The smallest absolute Gasteiger partial charge is 0.344 e. The van der Waals surface area contributed by atoms with Gasteiger partial charge in [-0.25, -0.2) is 0 Å². The van der Waals surface area contributed by atoms with Crippen LogP contribution in [0.15, 0.2) is 0 Å². The van der Waals surface area contributed by atoms with Crippen LogP contribution in [-0.2, 0) is 9.59 Å². The molecule has 2 unspecified atom stereocenters. The molecule has 0 radical (unpaired) electrons. The van der Waals surface area contributed by atoms with Crippen LogP contribution in [0.25, 0.3) is 0 Å². The van der Waals surface area contributed by atoms with Crippen LogP contribution >= 0.6 is 0 Å². The quantitative estimate of drug-likeness (QED) is 0.618. The van der Waals surface area contributed by atoms with Gasteiger partial charge in [0.15, 0.2) is 0 Å². The molecule has 0 rings (SSSR count). The number of nitrogens with one attached hydrogen (secondary N) is 2. The first-order valence-electron chi connectivity index (χ1n) is 8.88. The number of carbonyl (C=O) groups is 2. The molecular weight excluding hydrogens is 390 g/mol. The zero-order valence-electron chi connectivity index (χ0n) is 17.2. The lowest BCUT2D eigenvalue weighted by atomic mass is 9.85. The first-order chi connectivity index (χ1) is 12.2. The Morgan fingerprint density at radius 1 is 0.679 bits per heavy atom. The summed E-state index contributed by atoms with van der Waals surface area (Å²) in [6.45, 7) is 9.37. The molecule has 2 amide bonds. The van der Waals surface area contributed by atoms with Gasteiger partial charge in [0.1, 0.15) is 12.1 Å². The van der Waals surface area contributed by atoms with Crippen LogP contribution < -0.4 is 10.6 Å². The Bertz CT molecular complexity index is 468. The number of carbonyl (C=O) groups excluding carboxylic acids is 2. The van der Waals surface area contributed by atoms with Crippen LogP contribution in [0.1, 0.15) is 61.3 Å². The maximum absolute atomic E-state index is 13.1. The Labute approximate surface area is 161 Å². The summed E-state index contributed by atoms with van der Waals surface area (Å²) in [4.78, 5) is 23.9. The van der Waals surface area contributed by atoms with E-state index in [1.807, 2.05) is 10.6 Å². The lowest BCUT2D eigenvalue weighted by Crippen LogP contribution is -2.54. The molecule has 0 aromatic carbocycles. The number of hydrogen-bond donors (Lipinski definition) is 2. The van der Waals surface area contributed by atoms with E-state index in [2.05, 4.69) is 0 Å². The van der Waals surface area contributed by atoms with Gasteiger partial charge in [-0.05, 0) is 16.7 Å². The van der Waals surface area contributed by atoms with Crippen molar-refractivity contribution in [1.82, 2.24) is 10.6 Å². The summed E-state index contributed by atoms with van der Waals surface area (Å²) < 4.78 is 78.6. The van der Waals surface area contributed by atoms with Gasteiger partial charge in [-0.1, -0.05) is 48.5 Å². The molecule has 0 saturated carbocycles. The van der Waals surface area contributed by atoms with Gasteiger partial charge in [0.2, 0.25) is 11.8 Å². The number of hydrogen-bond acceptors (Lipinski definition) is 2. The second-order valence-corrected chi connectivity index (χ2v) is 9.33. The van der Waals surface area contributed by atoms with Crippen molar-refractivity contribution in [3.8, 4) is 0 Å². The standard InChI is InChI=1S/C18H30F6N2O2/c1-10(8-11(27)25-13(15(2,3)4)17(19,20)21)9-12(28)26-14(16(5,6)7)18(22,23)24/h10,13-14H,8-9H2,1-7H3,(H,25,27)(H,26,28). The zero-order valence-corrected chi connectivity index (χ0v) is 17.2. The average molecular weight is 420 g/mol. The number of rotatable bonds is 6. The van der Waals surface area contributed by atoms with E-state index in [9.17, 15) is 35.9 Å². The van der Waals surface area contributed by atoms with Crippen molar-refractivity contribution in [3.63, 3.8) is 0 Å². The minimum absolute atomic E-state index is 0.414. The summed E-state index contributed by atoms with van der Waals surface area (Å²) in [5.41, 5.74) is -2.55. The van der Waals surface area contributed by atoms with Gasteiger partial charge in [0.05, 0.1) is 0 Å². The third kappa shape index (κ3) is 9.14. The molecule has 0 aliphatic rings. The molecule has 4 nitrogen and oxygen atoms in total. The molecule has 0 heterocycles. The summed E-state index contributed by atoms with van der Waals surface area (Å²) in [5, 5.41) is 3.83. The highest BCUT2D eigenvalue weighted by Crippen LogP contribution is 2.34. The van der Waals surface area contributed by atoms with Crippen LogP contribution in [0.5, 0.6) is 0 Å². The topological polar surface area (TPSA) is 58.2 Å². The zero-order chi connectivity index (χ0) is 22.7. The molecule has 0 bridgehead atoms. The molecule has 0 aromatic heterocycles. The number of halogens is 6. The first-order valence-corrected chi connectivity index (χ1v) is 8.88. The third-order valence-corrected chi connectivity index (χ3v) is 4.07. The highest BCUT2D eigenvalue weighted by atomic mass is 19.4. The Hall–Kier alpha value is -1.48. The lowest BCUT2D eigenvalue weighted by molar-refractivity contribution is -0.181. The molecule has 0 aliphatic carbocycles. The number of alkyl halides is 6. The third-order valence-electron chi connectivity index (χ3n) is 4.07. The van der Waals surface area contributed by atoms with Crippen molar-refractivity contribution in [3.05, 3.63) is 0 Å². The fraction of sp³-hybridized carbons (Fsp3) is 0.889. The van der Waals surface area contributed by atoms with Gasteiger partial charge >= 0.3 is 12.4 Å². The summed E-state index contributed by atoms with van der Waals surface area (Å²) in [7, 11) is 0. The summed E-state index contributed by atoms with van der Waals surface area (Å²) in [6, 6.07) is -4.16. The lowest BCUT2D eigenvalue weighted by Gasteiger charge is -2.34. The van der Waals surface area contributed by atoms with Crippen molar-refractivity contribution >= 4 is 11.8 Å². The largest absolute Gasteiger partial charge is 0.409 e. The average Bonchev–Trinajstić information content (AvgIpc) is 2.36. The van der Waals surface area contributed by atoms with Gasteiger partial charge < -0.3 is 10.6 Å². The van der Waals surface area contributed by atoms with Crippen molar-refractivity contribution < 1.29 is 35.9 Å². The van der Waals surface area contributed by atoms with Gasteiger partial charge in [-0.3, -0.25) is 9.59 Å². The summed E-state index contributed by atoms with van der Waals surface area (Å²) in [5.74, 6) is -2.57. The summed E-state index contributed by atoms with van der Waals surface area (Å²) in [6.07, 6.45) is -10.1. The van der Waals surface area contributed by atoms with Crippen LogP contribution in [0.4, 0.5) is 26.3 Å². The Morgan fingerprint density at radius 3 is 1.11 bits per heavy atom. The SMILES string of the molecule is CC(CC(=O)NC(C(C)(C)C)C(F)(F)F)CC(=O)NC(C(C)(C)C)C(F)(F)F. The van der Waals surface area contributed by atoms with Crippen molar-refractivity contribution in [2.45, 2.75) is 85.7 Å². The van der Waals surface area contributed by atoms with E-state index < -0.39 is 65.8 Å². The second-order valence-electron chi connectivity index (χ2n) is 9.33. The maximum atomic E-state index is 13.1. The van der Waals surface area contributed by atoms with Gasteiger partial charge in [-0.2, -0.15) is 26.3 Å². The van der Waals surface area contributed by atoms with Crippen LogP contribution in [0.2, 0.25) is 0 Å². The molecule has 2 atom stereocenters. The predicted octanol–water partition coefficient (Wildman–Crippen LogP) is 4.59.